The normalized spacial score (nSPS) is 10.6. The molecule has 1 aromatic carbocycles. The summed E-state index contributed by atoms with van der Waals surface area (Å²) < 4.78 is 0. The fraction of sp³-hybridized carbons (Fsp3) is 0.294. The number of nitrogens with one attached hydrogen (secondary N) is 1. The maximum atomic E-state index is 12.7. The van der Waals surface area contributed by atoms with E-state index in [2.05, 4.69) is 4.98 Å². The van der Waals surface area contributed by atoms with Crippen LogP contribution in [-0.4, -0.2) is 33.5 Å². The topological polar surface area (TPSA) is 96.3 Å². The number of rotatable bonds is 5. The van der Waals surface area contributed by atoms with Gasteiger partial charge in [-0.25, -0.2) is 0 Å². The number of carbonyl (C=O) groups excluding carboxylic acids is 2. The largest absolute Gasteiger partial charge is 0.354 e. The number of aromatic nitrogens is 1. The number of hydrogen-bond donors (Lipinski definition) is 1. The van der Waals surface area contributed by atoms with Crippen LogP contribution < -0.4 is 0 Å². The number of nitro groups is 1. The second-order valence-corrected chi connectivity index (χ2v) is 6.28. The van der Waals surface area contributed by atoms with E-state index in [4.69, 9.17) is 11.6 Å². The van der Waals surface area contributed by atoms with Crippen molar-refractivity contribution in [3.63, 3.8) is 0 Å². The smallest absolute Gasteiger partial charge is 0.270 e. The summed E-state index contributed by atoms with van der Waals surface area (Å²) in [5, 5.41) is 11.2. The first-order valence-electron chi connectivity index (χ1n) is 7.51. The Labute approximate surface area is 149 Å². The van der Waals surface area contributed by atoms with Gasteiger partial charge in [0.25, 0.3) is 11.6 Å². The van der Waals surface area contributed by atoms with Gasteiger partial charge in [-0.2, -0.15) is 0 Å². The van der Waals surface area contributed by atoms with Crippen LogP contribution in [0.2, 0.25) is 5.02 Å². The van der Waals surface area contributed by atoms with E-state index in [1.807, 2.05) is 0 Å². The number of nitrogens with zero attached hydrogens (tertiary/aromatic N) is 2. The average molecular weight is 364 g/mol. The molecule has 2 aromatic rings. The van der Waals surface area contributed by atoms with E-state index < -0.39 is 4.92 Å². The van der Waals surface area contributed by atoms with Crippen LogP contribution in [0.25, 0.3) is 0 Å². The SMILES string of the molecule is CC(=O)c1c(C)[nH]c(C(=O)N(C)Cc2cc([N+](=O)[O-])ccc2Cl)c1C. The molecule has 132 valence electrons. The summed E-state index contributed by atoms with van der Waals surface area (Å²) in [6, 6.07) is 4.09. The Balaban J connectivity index is 2.30. The number of H-pyrrole nitrogens is 1. The minimum Gasteiger partial charge on any atom is -0.354 e. The van der Waals surface area contributed by atoms with Crippen molar-refractivity contribution in [1.29, 1.82) is 0 Å². The molecule has 0 spiro atoms. The molecular weight excluding hydrogens is 346 g/mol. The molecule has 25 heavy (non-hydrogen) atoms. The molecule has 0 aliphatic heterocycles. The van der Waals surface area contributed by atoms with Crippen LogP contribution in [0, 0.1) is 24.0 Å². The Morgan fingerprint density at radius 1 is 1.32 bits per heavy atom. The molecule has 0 radical (unpaired) electrons. The Kier molecular flexibility index (Phi) is 5.27. The first-order valence-corrected chi connectivity index (χ1v) is 7.89. The van der Waals surface area contributed by atoms with Gasteiger partial charge >= 0.3 is 0 Å². The molecule has 1 aromatic heterocycles. The minimum absolute atomic E-state index is 0.0917. The summed E-state index contributed by atoms with van der Waals surface area (Å²) >= 11 is 6.08. The lowest BCUT2D eigenvalue weighted by Gasteiger charge is -2.18. The maximum Gasteiger partial charge on any atom is 0.270 e. The highest BCUT2D eigenvalue weighted by Gasteiger charge is 2.23. The standard InChI is InChI=1S/C17H18ClN3O4/c1-9-15(11(3)22)10(2)19-16(9)17(23)20(4)8-12-7-13(21(24)25)5-6-14(12)18/h5-7,19H,8H2,1-4H3. The lowest BCUT2D eigenvalue weighted by Crippen LogP contribution is -2.27. The zero-order valence-corrected chi connectivity index (χ0v) is 15.1. The van der Waals surface area contributed by atoms with E-state index in [1.54, 1.807) is 20.9 Å². The number of benzene rings is 1. The van der Waals surface area contributed by atoms with Crippen molar-refractivity contribution in [2.24, 2.45) is 0 Å². The number of aromatic amines is 1. The predicted molar refractivity (Wildman–Crippen MR) is 94.2 cm³/mol. The fourth-order valence-corrected chi connectivity index (χ4v) is 2.98. The molecule has 7 nitrogen and oxygen atoms in total. The first-order chi connectivity index (χ1) is 11.6. The third-order valence-electron chi connectivity index (χ3n) is 4.00. The highest BCUT2D eigenvalue weighted by atomic mass is 35.5. The van der Waals surface area contributed by atoms with Crippen LogP contribution in [0.4, 0.5) is 5.69 Å². The molecule has 0 aliphatic rings. The fourth-order valence-electron chi connectivity index (χ4n) is 2.81. The predicted octanol–water partition coefficient (Wildman–Crippen LogP) is 3.67. The van der Waals surface area contributed by atoms with Gasteiger partial charge in [0.15, 0.2) is 5.78 Å². The Morgan fingerprint density at radius 3 is 2.48 bits per heavy atom. The van der Waals surface area contributed by atoms with Crippen LogP contribution in [0.3, 0.4) is 0 Å². The summed E-state index contributed by atoms with van der Waals surface area (Å²) in [7, 11) is 1.57. The zero-order valence-electron chi connectivity index (χ0n) is 14.3. The molecule has 1 N–H and O–H groups in total. The number of carbonyl (C=O) groups is 2. The number of Topliss-reactive ketones (excluding diaryl/α,β-unsaturated/α-hetero) is 1. The van der Waals surface area contributed by atoms with E-state index >= 15 is 0 Å². The molecule has 0 saturated carbocycles. The van der Waals surface area contributed by atoms with Gasteiger partial charge in [-0.15, -0.1) is 0 Å². The van der Waals surface area contributed by atoms with Gasteiger partial charge in [0.1, 0.15) is 5.69 Å². The summed E-state index contributed by atoms with van der Waals surface area (Å²) in [5.74, 6) is -0.439. The Morgan fingerprint density at radius 2 is 1.96 bits per heavy atom. The van der Waals surface area contributed by atoms with Gasteiger partial charge in [-0.1, -0.05) is 11.6 Å². The second kappa shape index (κ2) is 7.06. The average Bonchev–Trinajstić information content (AvgIpc) is 2.83. The maximum absolute atomic E-state index is 12.7. The van der Waals surface area contributed by atoms with Crippen molar-refractivity contribution in [2.75, 3.05) is 7.05 Å². The van der Waals surface area contributed by atoms with Crippen LogP contribution in [-0.2, 0) is 6.54 Å². The van der Waals surface area contributed by atoms with Crippen molar-refractivity contribution >= 4 is 29.0 Å². The molecule has 0 fully saturated rings. The van der Waals surface area contributed by atoms with Crippen molar-refractivity contribution in [3.05, 3.63) is 61.4 Å². The molecule has 8 heteroatoms. The molecule has 0 saturated heterocycles. The van der Waals surface area contributed by atoms with Crippen molar-refractivity contribution in [3.8, 4) is 0 Å². The molecule has 0 bridgehead atoms. The number of amides is 1. The van der Waals surface area contributed by atoms with Crippen molar-refractivity contribution in [2.45, 2.75) is 27.3 Å². The monoisotopic (exact) mass is 363 g/mol. The van der Waals surface area contributed by atoms with Crippen LogP contribution in [0.5, 0.6) is 0 Å². The lowest BCUT2D eigenvalue weighted by atomic mass is 10.1. The number of non-ortho nitro benzene ring substituents is 1. The second-order valence-electron chi connectivity index (χ2n) is 5.88. The molecule has 0 aliphatic carbocycles. The van der Waals surface area contributed by atoms with Gasteiger partial charge in [0, 0.05) is 42.0 Å². The summed E-state index contributed by atoms with van der Waals surface area (Å²) in [5.41, 5.74) is 2.43. The van der Waals surface area contributed by atoms with Crippen LogP contribution in [0.1, 0.15) is 44.6 Å². The molecule has 0 unspecified atom stereocenters. The third-order valence-corrected chi connectivity index (χ3v) is 4.37. The van der Waals surface area contributed by atoms with Crippen molar-refractivity contribution < 1.29 is 14.5 Å². The summed E-state index contributed by atoms with van der Waals surface area (Å²) in [4.78, 5) is 39.1. The van der Waals surface area contributed by atoms with E-state index in [9.17, 15) is 19.7 Å². The van der Waals surface area contributed by atoms with Gasteiger partial charge < -0.3 is 9.88 Å². The minimum atomic E-state index is -0.515. The van der Waals surface area contributed by atoms with E-state index in [-0.39, 0.29) is 23.9 Å². The molecule has 1 heterocycles. The number of hydrogen-bond acceptors (Lipinski definition) is 4. The van der Waals surface area contributed by atoms with Crippen LogP contribution >= 0.6 is 11.6 Å². The highest BCUT2D eigenvalue weighted by molar-refractivity contribution is 6.31. The number of aryl methyl sites for hydroxylation is 1. The Bertz CT molecular complexity index is 873. The van der Waals surface area contributed by atoms with Crippen LogP contribution in [0.15, 0.2) is 18.2 Å². The van der Waals surface area contributed by atoms with Gasteiger partial charge in [-0.05, 0) is 38.0 Å². The number of nitro benzene ring substituents is 1. The molecular formula is C17H18ClN3O4. The van der Waals surface area contributed by atoms with Gasteiger partial charge in [0.2, 0.25) is 0 Å². The van der Waals surface area contributed by atoms with Gasteiger partial charge in [0.05, 0.1) is 4.92 Å². The quantitative estimate of drug-likeness (QED) is 0.498. The van der Waals surface area contributed by atoms with Crippen molar-refractivity contribution in [1.82, 2.24) is 9.88 Å². The summed E-state index contributed by atoms with van der Waals surface area (Å²) in [6.07, 6.45) is 0. The molecule has 0 atom stereocenters. The number of ketones is 1. The summed E-state index contributed by atoms with van der Waals surface area (Å²) in [6.45, 7) is 5.00. The zero-order chi connectivity index (χ0) is 18.9. The number of halogens is 1. The van der Waals surface area contributed by atoms with E-state index in [0.717, 1.165) is 0 Å². The van der Waals surface area contributed by atoms with E-state index in [0.29, 0.717) is 33.1 Å². The molecule has 1 amide bonds. The van der Waals surface area contributed by atoms with Gasteiger partial charge in [-0.3, -0.25) is 19.7 Å². The molecule has 2 rings (SSSR count). The highest BCUT2D eigenvalue weighted by Crippen LogP contribution is 2.25. The third kappa shape index (κ3) is 3.71. The Hall–Kier alpha value is -2.67. The van der Waals surface area contributed by atoms with E-state index in [1.165, 1.54) is 30.0 Å². The first kappa shape index (κ1) is 18.7. The lowest BCUT2D eigenvalue weighted by molar-refractivity contribution is -0.384.